The Morgan fingerprint density at radius 2 is 1.81 bits per heavy atom. The number of ether oxygens (including phenoxy) is 1. The molecule has 0 unspecified atom stereocenters. The predicted octanol–water partition coefficient (Wildman–Crippen LogP) is 1.98. The molecule has 5 nitrogen and oxygen atoms in total. The van der Waals surface area contributed by atoms with Crippen LogP contribution in [-0.4, -0.2) is 29.1 Å². The van der Waals surface area contributed by atoms with Crippen LogP contribution in [-0.2, 0) is 6.61 Å². The number of anilines is 1. The molecule has 1 aliphatic heterocycles. The molecule has 0 bridgehead atoms. The van der Waals surface area contributed by atoms with Crippen LogP contribution < -0.4 is 15.4 Å². The molecule has 1 aromatic heterocycles. The van der Waals surface area contributed by atoms with E-state index < -0.39 is 0 Å². The maximum Gasteiger partial charge on any atom is 0.166 e. The first-order valence-electron chi connectivity index (χ1n) is 7.31. The van der Waals surface area contributed by atoms with Gasteiger partial charge in [0.25, 0.3) is 0 Å². The van der Waals surface area contributed by atoms with Gasteiger partial charge in [0.15, 0.2) is 5.82 Å². The van der Waals surface area contributed by atoms with Gasteiger partial charge in [-0.1, -0.05) is 12.1 Å². The van der Waals surface area contributed by atoms with Gasteiger partial charge in [-0.3, -0.25) is 0 Å². The number of piperidine rings is 1. The maximum absolute atomic E-state index is 5.97. The average Bonchev–Trinajstić information content (AvgIpc) is 2.55. The highest BCUT2D eigenvalue weighted by Crippen LogP contribution is 2.30. The van der Waals surface area contributed by atoms with E-state index in [0.717, 1.165) is 37.4 Å². The van der Waals surface area contributed by atoms with E-state index in [9.17, 15) is 0 Å². The van der Waals surface area contributed by atoms with Crippen LogP contribution in [0.5, 0.6) is 5.75 Å². The van der Waals surface area contributed by atoms with Gasteiger partial charge in [0, 0.05) is 31.5 Å². The molecule has 2 N–H and O–H groups in total. The molecule has 1 saturated heterocycles. The summed E-state index contributed by atoms with van der Waals surface area (Å²) in [6, 6.07) is 10.2. The monoisotopic (exact) mass is 284 g/mol. The Balaban J connectivity index is 1.70. The molecular formula is C16H20N4O. The Bertz CT molecular complexity index is 567. The summed E-state index contributed by atoms with van der Waals surface area (Å²) in [6.45, 7) is 2.33. The number of rotatable bonds is 4. The molecular weight excluding hydrogens is 264 g/mol. The lowest BCUT2D eigenvalue weighted by molar-refractivity contribution is 0.295. The molecule has 110 valence electrons. The van der Waals surface area contributed by atoms with Crippen LogP contribution in [0, 0.1) is 0 Å². The number of hydrogen-bond acceptors (Lipinski definition) is 5. The average molecular weight is 284 g/mol. The lowest BCUT2D eigenvalue weighted by Gasteiger charge is -2.33. The third kappa shape index (κ3) is 3.49. The Hall–Kier alpha value is -2.14. The smallest absolute Gasteiger partial charge is 0.166 e. The van der Waals surface area contributed by atoms with Gasteiger partial charge in [0.1, 0.15) is 12.4 Å². The van der Waals surface area contributed by atoms with Gasteiger partial charge in [0.05, 0.1) is 5.69 Å². The number of para-hydroxylation sites is 2. The molecule has 1 aromatic carbocycles. The van der Waals surface area contributed by atoms with Crippen LogP contribution in [0.1, 0.15) is 18.7 Å². The summed E-state index contributed by atoms with van der Waals surface area (Å²) < 4.78 is 5.91. The quantitative estimate of drug-likeness (QED) is 0.930. The van der Waals surface area contributed by atoms with Crippen molar-refractivity contribution in [1.29, 1.82) is 0 Å². The van der Waals surface area contributed by atoms with Gasteiger partial charge < -0.3 is 15.4 Å². The van der Waals surface area contributed by atoms with Gasteiger partial charge in [-0.25, -0.2) is 9.97 Å². The summed E-state index contributed by atoms with van der Waals surface area (Å²) in [4.78, 5) is 10.7. The van der Waals surface area contributed by atoms with E-state index in [1.54, 1.807) is 18.5 Å². The fourth-order valence-corrected chi connectivity index (χ4v) is 2.53. The minimum absolute atomic E-state index is 0.326. The van der Waals surface area contributed by atoms with E-state index in [1.807, 2.05) is 18.2 Å². The molecule has 2 aromatic rings. The maximum atomic E-state index is 5.97. The van der Waals surface area contributed by atoms with Crippen LogP contribution in [0.4, 0.5) is 5.69 Å². The first-order valence-corrected chi connectivity index (χ1v) is 7.31. The topological polar surface area (TPSA) is 64.3 Å². The van der Waals surface area contributed by atoms with Gasteiger partial charge in [-0.05, 0) is 31.0 Å². The Morgan fingerprint density at radius 1 is 1.10 bits per heavy atom. The molecule has 0 saturated carbocycles. The highest BCUT2D eigenvalue weighted by Gasteiger charge is 2.19. The zero-order valence-corrected chi connectivity index (χ0v) is 12.0. The third-order valence-electron chi connectivity index (χ3n) is 3.72. The molecule has 3 rings (SSSR count). The van der Waals surface area contributed by atoms with Gasteiger partial charge in [-0.2, -0.15) is 0 Å². The fourth-order valence-electron chi connectivity index (χ4n) is 2.53. The van der Waals surface area contributed by atoms with Crippen LogP contribution in [0.15, 0.2) is 42.7 Å². The number of hydrogen-bond donors (Lipinski definition) is 1. The van der Waals surface area contributed by atoms with E-state index in [1.165, 1.54) is 0 Å². The SMILES string of the molecule is NC1CCN(c2ccccc2OCc2ncccn2)CC1. The molecule has 0 atom stereocenters. The standard InChI is InChI=1S/C16H20N4O/c17-13-6-10-20(11-7-13)14-4-1-2-5-15(14)21-12-16-18-8-3-9-19-16/h1-5,8-9,13H,6-7,10-12,17H2. The van der Waals surface area contributed by atoms with Crippen molar-refractivity contribution < 1.29 is 4.74 Å². The number of nitrogens with zero attached hydrogens (tertiary/aromatic N) is 3. The first-order chi connectivity index (χ1) is 10.3. The van der Waals surface area contributed by atoms with Crippen LogP contribution in [0.3, 0.4) is 0 Å². The summed E-state index contributed by atoms with van der Waals surface area (Å²) in [7, 11) is 0. The van der Waals surface area contributed by atoms with Crippen molar-refractivity contribution in [3.05, 3.63) is 48.5 Å². The van der Waals surface area contributed by atoms with Crippen LogP contribution in [0.25, 0.3) is 0 Å². The normalized spacial score (nSPS) is 16.0. The minimum atomic E-state index is 0.326. The summed E-state index contributed by atoms with van der Waals surface area (Å²) in [6.07, 6.45) is 5.50. The van der Waals surface area contributed by atoms with Gasteiger partial charge >= 0.3 is 0 Å². The lowest BCUT2D eigenvalue weighted by Crippen LogP contribution is -2.39. The molecule has 0 spiro atoms. The second kappa shape index (κ2) is 6.54. The highest BCUT2D eigenvalue weighted by atomic mass is 16.5. The second-order valence-corrected chi connectivity index (χ2v) is 5.25. The summed E-state index contributed by atoms with van der Waals surface area (Å²) in [5.41, 5.74) is 7.10. The number of benzene rings is 1. The molecule has 1 fully saturated rings. The summed E-state index contributed by atoms with van der Waals surface area (Å²) in [5.74, 6) is 1.56. The van der Waals surface area contributed by atoms with Crippen LogP contribution in [0.2, 0.25) is 0 Å². The molecule has 0 amide bonds. The number of aromatic nitrogens is 2. The van der Waals surface area contributed by atoms with Crippen molar-refractivity contribution in [2.75, 3.05) is 18.0 Å². The number of nitrogens with two attached hydrogens (primary N) is 1. The Kier molecular flexibility index (Phi) is 4.31. The molecule has 5 heteroatoms. The highest BCUT2D eigenvalue weighted by molar-refractivity contribution is 5.58. The Labute approximate surface area is 124 Å². The van der Waals surface area contributed by atoms with Crippen LogP contribution >= 0.6 is 0 Å². The zero-order chi connectivity index (χ0) is 14.5. The molecule has 1 aliphatic rings. The van der Waals surface area contributed by atoms with E-state index in [2.05, 4.69) is 20.9 Å². The van der Waals surface area contributed by atoms with Crippen molar-refractivity contribution in [2.45, 2.75) is 25.5 Å². The first kappa shape index (κ1) is 13.8. The Morgan fingerprint density at radius 3 is 2.57 bits per heavy atom. The molecule has 0 radical (unpaired) electrons. The fraction of sp³-hybridized carbons (Fsp3) is 0.375. The largest absolute Gasteiger partial charge is 0.483 e. The van der Waals surface area contributed by atoms with Gasteiger partial charge in [0.2, 0.25) is 0 Å². The van der Waals surface area contributed by atoms with Crippen molar-refractivity contribution in [1.82, 2.24) is 9.97 Å². The minimum Gasteiger partial charge on any atom is -0.483 e. The molecule has 21 heavy (non-hydrogen) atoms. The van der Waals surface area contributed by atoms with Crippen molar-refractivity contribution in [2.24, 2.45) is 5.73 Å². The van der Waals surface area contributed by atoms with Crippen molar-refractivity contribution in [3.8, 4) is 5.75 Å². The van der Waals surface area contributed by atoms with E-state index >= 15 is 0 Å². The van der Waals surface area contributed by atoms with E-state index in [-0.39, 0.29) is 0 Å². The third-order valence-corrected chi connectivity index (χ3v) is 3.72. The summed E-state index contributed by atoms with van der Waals surface area (Å²) in [5, 5.41) is 0. The molecule has 0 aliphatic carbocycles. The summed E-state index contributed by atoms with van der Waals surface area (Å²) >= 11 is 0. The second-order valence-electron chi connectivity index (χ2n) is 5.25. The molecule has 2 heterocycles. The zero-order valence-electron chi connectivity index (χ0n) is 12.0. The van der Waals surface area contributed by atoms with Gasteiger partial charge in [-0.15, -0.1) is 0 Å². The lowest BCUT2D eigenvalue weighted by atomic mass is 10.1. The van der Waals surface area contributed by atoms with Crippen molar-refractivity contribution in [3.63, 3.8) is 0 Å². The predicted molar refractivity (Wildman–Crippen MR) is 82.2 cm³/mol. The van der Waals surface area contributed by atoms with E-state index in [4.69, 9.17) is 10.5 Å². The van der Waals surface area contributed by atoms with Crippen molar-refractivity contribution >= 4 is 5.69 Å². The van der Waals surface area contributed by atoms with E-state index in [0.29, 0.717) is 18.5 Å².